The van der Waals surface area contributed by atoms with E-state index in [0.29, 0.717) is 27.6 Å². The van der Waals surface area contributed by atoms with Gasteiger partial charge in [0.1, 0.15) is 5.75 Å². The second kappa shape index (κ2) is 5.93. The van der Waals surface area contributed by atoms with Crippen LogP contribution in [0.15, 0.2) is 42.5 Å². The number of rotatable bonds is 4. The number of benzene rings is 2. The maximum atomic E-state index is 11.8. The van der Waals surface area contributed by atoms with Gasteiger partial charge in [-0.15, -0.1) is 0 Å². The summed E-state index contributed by atoms with van der Waals surface area (Å²) in [4.78, 5) is 35.4. The van der Waals surface area contributed by atoms with Crippen LogP contribution in [0, 0.1) is 0 Å². The molecule has 0 unspecified atom stereocenters. The monoisotopic (exact) mass is 296 g/mol. The SMILES string of the molecule is C=C(C)C(=O)Oc1ccc(C(C)=O)c2c(C(C)=O)cccc12. The summed E-state index contributed by atoms with van der Waals surface area (Å²) in [6.07, 6.45) is 0. The van der Waals surface area contributed by atoms with E-state index in [0.717, 1.165) is 0 Å². The minimum Gasteiger partial charge on any atom is -0.423 e. The minimum atomic E-state index is -0.551. The Labute approximate surface area is 128 Å². The van der Waals surface area contributed by atoms with Crippen molar-refractivity contribution in [3.8, 4) is 5.75 Å². The van der Waals surface area contributed by atoms with Crippen LogP contribution in [-0.4, -0.2) is 17.5 Å². The van der Waals surface area contributed by atoms with Crippen molar-refractivity contribution in [3.05, 3.63) is 53.6 Å². The Bertz CT molecular complexity index is 795. The summed E-state index contributed by atoms with van der Waals surface area (Å²) in [7, 11) is 0. The molecule has 0 aliphatic carbocycles. The topological polar surface area (TPSA) is 60.4 Å². The fraction of sp³-hybridized carbons (Fsp3) is 0.167. The number of carbonyl (C=O) groups is 3. The fourth-order valence-electron chi connectivity index (χ4n) is 2.24. The van der Waals surface area contributed by atoms with Crippen LogP contribution in [0.5, 0.6) is 5.75 Å². The molecule has 4 nitrogen and oxygen atoms in total. The molecule has 4 heteroatoms. The van der Waals surface area contributed by atoms with E-state index in [1.807, 2.05) is 0 Å². The van der Waals surface area contributed by atoms with Gasteiger partial charge in [-0.05, 0) is 32.9 Å². The molecule has 0 N–H and O–H groups in total. The Morgan fingerprint density at radius 2 is 1.50 bits per heavy atom. The van der Waals surface area contributed by atoms with Gasteiger partial charge < -0.3 is 4.74 Å². The Morgan fingerprint density at radius 1 is 0.909 bits per heavy atom. The molecule has 0 amide bonds. The summed E-state index contributed by atoms with van der Waals surface area (Å²) in [5.74, 6) is -0.561. The highest BCUT2D eigenvalue weighted by atomic mass is 16.5. The van der Waals surface area contributed by atoms with Crippen LogP contribution < -0.4 is 4.74 Å². The van der Waals surface area contributed by atoms with E-state index in [4.69, 9.17) is 4.74 Å². The van der Waals surface area contributed by atoms with Gasteiger partial charge >= 0.3 is 5.97 Å². The van der Waals surface area contributed by atoms with E-state index in [1.165, 1.54) is 13.8 Å². The first-order valence-electron chi connectivity index (χ1n) is 6.78. The van der Waals surface area contributed by atoms with Crippen molar-refractivity contribution in [2.45, 2.75) is 20.8 Å². The maximum absolute atomic E-state index is 11.8. The molecule has 2 aromatic rings. The lowest BCUT2D eigenvalue weighted by atomic mass is 9.95. The van der Waals surface area contributed by atoms with E-state index in [-0.39, 0.29) is 17.1 Å². The minimum absolute atomic E-state index is 0.156. The van der Waals surface area contributed by atoms with Gasteiger partial charge in [0.2, 0.25) is 0 Å². The van der Waals surface area contributed by atoms with Crippen molar-refractivity contribution in [1.82, 2.24) is 0 Å². The van der Waals surface area contributed by atoms with Crippen LogP contribution in [0.25, 0.3) is 10.8 Å². The van der Waals surface area contributed by atoms with Gasteiger partial charge in [0.05, 0.1) is 0 Å². The predicted octanol–water partition coefficient (Wildman–Crippen LogP) is 3.73. The number of hydrogen-bond acceptors (Lipinski definition) is 4. The van der Waals surface area contributed by atoms with Gasteiger partial charge in [-0.1, -0.05) is 24.8 Å². The van der Waals surface area contributed by atoms with Crippen molar-refractivity contribution >= 4 is 28.3 Å². The molecule has 2 aromatic carbocycles. The zero-order valence-corrected chi connectivity index (χ0v) is 12.7. The first kappa shape index (κ1) is 15.6. The third-order valence-corrected chi connectivity index (χ3v) is 3.31. The Hall–Kier alpha value is -2.75. The van der Waals surface area contributed by atoms with Gasteiger partial charge in [-0.25, -0.2) is 4.79 Å². The molecule has 2 rings (SSSR count). The first-order valence-corrected chi connectivity index (χ1v) is 6.78. The smallest absolute Gasteiger partial charge is 0.338 e. The molecule has 0 aliphatic heterocycles. The molecular formula is C18H16O4. The predicted molar refractivity (Wildman–Crippen MR) is 84.4 cm³/mol. The second-order valence-corrected chi connectivity index (χ2v) is 5.12. The van der Waals surface area contributed by atoms with E-state index in [9.17, 15) is 14.4 Å². The molecule has 0 saturated heterocycles. The number of ether oxygens (including phenoxy) is 1. The van der Waals surface area contributed by atoms with Crippen LogP contribution >= 0.6 is 0 Å². The fourth-order valence-corrected chi connectivity index (χ4v) is 2.24. The zero-order valence-electron chi connectivity index (χ0n) is 12.7. The standard InChI is InChI=1S/C18H16O4/c1-10(2)18(21)22-16-9-8-14(12(4)20)17-13(11(3)19)6-5-7-15(16)17/h5-9H,1H2,2-4H3. The quantitative estimate of drug-likeness (QED) is 0.373. The molecule has 112 valence electrons. The van der Waals surface area contributed by atoms with E-state index >= 15 is 0 Å². The molecule has 0 radical (unpaired) electrons. The summed E-state index contributed by atoms with van der Waals surface area (Å²) in [5.41, 5.74) is 1.12. The van der Waals surface area contributed by atoms with Crippen LogP contribution in [0.4, 0.5) is 0 Å². The highest BCUT2D eigenvalue weighted by Crippen LogP contribution is 2.32. The normalized spacial score (nSPS) is 10.3. The second-order valence-electron chi connectivity index (χ2n) is 5.12. The molecule has 0 aliphatic rings. The first-order chi connectivity index (χ1) is 10.3. The molecule has 0 atom stereocenters. The van der Waals surface area contributed by atoms with Crippen LogP contribution in [0.1, 0.15) is 41.5 Å². The third kappa shape index (κ3) is 2.81. The molecule has 0 aromatic heterocycles. The molecule has 0 heterocycles. The van der Waals surface area contributed by atoms with Gasteiger partial charge in [0, 0.05) is 27.5 Å². The molecule has 0 bridgehead atoms. The highest BCUT2D eigenvalue weighted by molar-refractivity contribution is 6.17. The highest BCUT2D eigenvalue weighted by Gasteiger charge is 2.17. The Kier molecular flexibility index (Phi) is 4.22. The van der Waals surface area contributed by atoms with E-state index < -0.39 is 5.97 Å². The molecule has 0 saturated carbocycles. The van der Waals surface area contributed by atoms with E-state index in [2.05, 4.69) is 6.58 Å². The van der Waals surface area contributed by atoms with Crippen LogP contribution in [-0.2, 0) is 4.79 Å². The molecule has 0 spiro atoms. The largest absolute Gasteiger partial charge is 0.423 e. The number of esters is 1. The number of ketones is 2. The van der Waals surface area contributed by atoms with Crippen molar-refractivity contribution in [2.75, 3.05) is 0 Å². The summed E-state index contributed by atoms with van der Waals surface area (Å²) < 4.78 is 5.30. The van der Waals surface area contributed by atoms with Crippen molar-refractivity contribution in [3.63, 3.8) is 0 Å². The van der Waals surface area contributed by atoms with Crippen LogP contribution in [0.2, 0.25) is 0 Å². The van der Waals surface area contributed by atoms with Crippen LogP contribution in [0.3, 0.4) is 0 Å². The van der Waals surface area contributed by atoms with Gasteiger partial charge in [-0.2, -0.15) is 0 Å². The molecule has 22 heavy (non-hydrogen) atoms. The molecule has 0 fully saturated rings. The van der Waals surface area contributed by atoms with E-state index in [1.54, 1.807) is 37.3 Å². The number of carbonyl (C=O) groups excluding carboxylic acids is 3. The van der Waals surface area contributed by atoms with Crippen molar-refractivity contribution in [2.24, 2.45) is 0 Å². The summed E-state index contributed by atoms with van der Waals surface area (Å²) in [6.45, 7) is 7.96. The Balaban J connectivity index is 2.78. The lowest BCUT2D eigenvalue weighted by molar-refractivity contribution is -0.129. The van der Waals surface area contributed by atoms with Crippen molar-refractivity contribution < 1.29 is 19.1 Å². The molecular weight excluding hydrogens is 280 g/mol. The number of Topliss-reactive ketones (excluding diaryl/α,β-unsaturated/α-hetero) is 2. The lowest BCUT2D eigenvalue weighted by Gasteiger charge is -2.12. The third-order valence-electron chi connectivity index (χ3n) is 3.31. The van der Waals surface area contributed by atoms with Gasteiger partial charge in [0.15, 0.2) is 11.6 Å². The lowest BCUT2D eigenvalue weighted by Crippen LogP contribution is -2.09. The van der Waals surface area contributed by atoms with Gasteiger partial charge in [0.25, 0.3) is 0 Å². The Morgan fingerprint density at radius 3 is 2.05 bits per heavy atom. The maximum Gasteiger partial charge on any atom is 0.338 e. The average Bonchev–Trinajstić information content (AvgIpc) is 2.46. The zero-order chi connectivity index (χ0) is 16.4. The summed E-state index contributed by atoms with van der Waals surface area (Å²) in [5, 5.41) is 1.06. The summed E-state index contributed by atoms with van der Waals surface area (Å²) in [6, 6.07) is 8.19. The average molecular weight is 296 g/mol. The number of hydrogen-bond donors (Lipinski definition) is 0. The number of fused-ring (bicyclic) bond motifs is 1. The van der Waals surface area contributed by atoms with Gasteiger partial charge in [-0.3, -0.25) is 9.59 Å². The summed E-state index contributed by atoms with van der Waals surface area (Å²) >= 11 is 0. The van der Waals surface area contributed by atoms with Crippen molar-refractivity contribution in [1.29, 1.82) is 0 Å².